The summed E-state index contributed by atoms with van der Waals surface area (Å²) in [6, 6.07) is 10.2. The van der Waals surface area contributed by atoms with Gasteiger partial charge in [0.15, 0.2) is 0 Å². The highest BCUT2D eigenvalue weighted by atomic mass is 32.1. The Labute approximate surface area is 106 Å². The summed E-state index contributed by atoms with van der Waals surface area (Å²) in [4.78, 5) is 4.65. The van der Waals surface area contributed by atoms with Crippen LogP contribution in [0.15, 0.2) is 35.7 Å². The highest BCUT2D eigenvalue weighted by Gasteiger charge is 2.17. The molecule has 2 aromatic rings. The molecule has 0 saturated carbocycles. The summed E-state index contributed by atoms with van der Waals surface area (Å²) < 4.78 is 5.56. The van der Waals surface area contributed by atoms with E-state index in [1.807, 2.05) is 18.2 Å². The maximum Gasteiger partial charge on any atom is 0.134 e. The fourth-order valence-corrected chi connectivity index (χ4v) is 2.77. The number of aromatic nitrogens is 1. The minimum absolute atomic E-state index is 0.0475. The van der Waals surface area contributed by atoms with E-state index in [1.54, 1.807) is 18.4 Å². The molecule has 1 unspecified atom stereocenters. The van der Waals surface area contributed by atoms with E-state index < -0.39 is 0 Å². The second-order valence-corrected chi connectivity index (χ2v) is 5.18. The molecule has 0 radical (unpaired) electrons. The Bertz CT molecular complexity index is 464. The summed E-state index contributed by atoms with van der Waals surface area (Å²) in [6.07, 6.45) is -0.0475. The van der Waals surface area contributed by atoms with Gasteiger partial charge in [-0.15, -0.1) is 11.3 Å². The van der Waals surface area contributed by atoms with Crippen LogP contribution in [0.25, 0.3) is 0 Å². The SMILES string of the molecule is COC(c1ccccc1)c1nc(C(C)C)cs1. The topological polar surface area (TPSA) is 22.1 Å². The molecule has 0 aliphatic carbocycles. The molecule has 1 atom stereocenters. The Morgan fingerprint density at radius 1 is 1.18 bits per heavy atom. The van der Waals surface area contributed by atoms with Crippen LogP contribution in [-0.2, 0) is 4.74 Å². The zero-order valence-corrected chi connectivity index (χ0v) is 11.2. The van der Waals surface area contributed by atoms with E-state index >= 15 is 0 Å². The molecule has 0 amide bonds. The number of hydrogen-bond donors (Lipinski definition) is 0. The largest absolute Gasteiger partial charge is 0.370 e. The molecule has 2 rings (SSSR count). The highest BCUT2D eigenvalue weighted by Crippen LogP contribution is 2.29. The van der Waals surface area contributed by atoms with Crippen molar-refractivity contribution in [2.24, 2.45) is 0 Å². The molecule has 1 heterocycles. The minimum atomic E-state index is -0.0475. The first-order valence-electron chi connectivity index (χ1n) is 5.75. The van der Waals surface area contributed by atoms with Crippen molar-refractivity contribution in [1.29, 1.82) is 0 Å². The number of hydrogen-bond acceptors (Lipinski definition) is 3. The molecule has 0 aliphatic rings. The fraction of sp³-hybridized carbons (Fsp3) is 0.357. The van der Waals surface area contributed by atoms with Gasteiger partial charge in [0.1, 0.15) is 11.1 Å². The second-order valence-electron chi connectivity index (χ2n) is 4.29. The number of ether oxygens (including phenoxy) is 1. The minimum Gasteiger partial charge on any atom is -0.370 e. The van der Waals surface area contributed by atoms with Crippen LogP contribution >= 0.6 is 11.3 Å². The first-order valence-corrected chi connectivity index (χ1v) is 6.63. The third-order valence-electron chi connectivity index (χ3n) is 2.69. The van der Waals surface area contributed by atoms with E-state index in [9.17, 15) is 0 Å². The molecule has 0 fully saturated rings. The van der Waals surface area contributed by atoms with Crippen LogP contribution in [0.4, 0.5) is 0 Å². The Morgan fingerprint density at radius 2 is 1.88 bits per heavy atom. The Hall–Kier alpha value is -1.19. The monoisotopic (exact) mass is 247 g/mol. The fourth-order valence-electron chi connectivity index (χ4n) is 1.69. The third kappa shape index (κ3) is 2.73. The lowest BCUT2D eigenvalue weighted by molar-refractivity contribution is 0.136. The van der Waals surface area contributed by atoms with E-state index in [-0.39, 0.29) is 6.10 Å². The maximum atomic E-state index is 5.56. The molecule has 2 nitrogen and oxygen atoms in total. The van der Waals surface area contributed by atoms with E-state index in [0.29, 0.717) is 5.92 Å². The van der Waals surface area contributed by atoms with Gasteiger partial charge in [0.05, 0.1) is 5.69 Å². The molecular weight excluding hydrogens is 230 g/mol. The smallest absolute Gasteiger partial charge is 0.134 e. The molecular formula is C14H17NOS. The van der Waals surface area contributed by atoms with Gasteiger partial charge in [-0.3, -0.25) is 0 Å². The number of rotatable bonds is 4. The van der Waals surface area contributed by atoms with Gasteiger partial charge in [0.25, 0.3) is 0 Å². The lowest BCUT2D eigenvalue weighted by Crippen LogP contribution is -2.03. The Morgan fingerprint density at radius 3 is 2.41 bits per heavy atom. The standard InChI is InChI=1S/C14H17NOS/c1-10(2)12-9-17-14(15-12)13(16-3)11-7-5-4-6-8-11/h4-10,13H,1-3H3. The van der Waals surface area contributed by atoms with Gasteiger partial charge in [-0.2, -0.15) is 0 Å². The maximum absolute atomic E-state index is 5.56. The molecule has 1 aromatic heterocycles. The number of thiazole rings is 1. The predicted molar refractivity (Wildman–Crippen MR) is 71.5 cm³/mol. The van der Waals surface area contributed by atoms with Crippen molar-refractivity contribution in [2.45, 2.75) is 25.9 Å². The Kier molecular flexibility index (Phi) is 3.92. The molecule has 0 N–H and O–H groups in total. The van der Waals surface area contributed by atoms with E-state index in [1.165, 1.54) is 0 Å². The summed E-state index contributed by atoms with van der Waals surface area (Å²) >= 11 is 1.67. The average Bonchev–Trinajstić information content (AvgIpc) is 2.81. The van der Waals surface area contributed by atoms with Gasteiger partial charge < -0.3 is 4.74 Å². The summed E-state index contributed by atoms with van der Waals surface area (Å²) in [5, 5.41) is 3.15. The van der Waals surface area contributed by atoms with E-state index in [0.717, 1.165) is 16.3 Å². The van der Waals surface area contributed by atoms with Crippen LogP contribution in [-0.4, -0.2) is 12.1 Å². The van der Waals surface area contributed by atoms with Crippen LogP contribution in [0.5, 0.6) is 0 Å². The van der Waals surface area contributed by atoms with Crippen molar-refractivity contribution < 1.29 is 4.74 Å². The van der Waals surface area contributed by atoms with Crippen molar-refractivity contribution in [2.75, 3.05) is 7.11 Å². The lowest BCUT2D eigenvalue weighted by atomic mass is 10.1. The van der Waals surface area contributed by atoms with Gasteiger partial charge in [0.2, 0.25) is 0 Å². The van der Waals surface area contributed by atoms with Crippen LogP contribution in [0.3, 0.4) is 0 Å². The summed E-state index contributed by atoms with van der Waals surface area (Å²) in [6.45, 7) is 4.31. The number of benzene rings is 1. The van der Waals surface area contributed by atoms with Gasteiger partial charge >= 0.3 is 0 Å². The first kappa shape index (κ1) is 12.3. The number of nitrogens with zero attached hydrogens (tertiary/aromatic N) is 1. The molecule has 17 heavy (non-hydrogen) atoms. The lowest BCUT2D eigenvalue weighted by Gasteiger charge is -2.12. The summed E-state index contributed by atoms with van der Waals surface area (Å²) in [7, 11) is 1.73. The van der Waals surface area contributed by atoms with Crippen LogP contribution in [0, 0.1) is 0 Å². The van der Waals surface area contributed by atoms with E-state index in [2.05, 4.69) is 36.3 Å². The summed E-state index contributed by atoms with van der Waals surface area (Å²) in [5.74, 6) is 0.466. The number of methoxy groups -OCH3 is 1. The van der Waals surface area contributed by atoms with Crippen molar-refractivity contribution in [1.82, 2.24) is 4.98 Å². The second kappa shape index (κ2) is 5.43. The Balaban J connectivity index is 2.29. The average molecular weight is 247 g/mol. The van der Waals surface area contributed by atoms with Crippen molar-refractivity contribution in [3.8, 4) is 0 Å². The van der Waals surface area contributed by atoms with Gasteiger partial charge in [-0.25, -0.2) is 4.98 Å². The normalized spacial score (nSPS) is 12.9. The third-order valence-corrected chi connectivity index (χ3v) is 3.60. The van der Waals surface area contributed by atoms with Gasteiger partial charge in [-0.1, -0.05) is 44.2 Å². The molecule has 1 aromatic carbocycles. The van der Waals surface area contributed by atoms with Gasteiger partial charge in [-0.05, 0) is 11.5 Å². The van der Waals surface area contributed by atoms with E-state index in [4.69, 9.17) is 4.74 Å². The van der Waals surface area contributed by atoms with Crippen LogP contribution in [0.1, 0.15) is 42.1 Å². The first-order chi connectivity index (χ1) is 8.22. The molecule has 3 heteroatoms. The van der Waals surface area contributed by atoms with Crippen LogP contribution in [0.2, 0.25) is 0 Å². The zero-order chi connectivity index (χ0) is 12.3. The molecule has 90 valence electrons. The van der Waals surface area contributed by atoms with Gasteiger partial charge in [0, 0.05) is 12.5 Å². The van der Waals surface area contributed by atoms with Crippen molar-refractivity contribution >= 4 is 11.3 Å². The predicted octanol–water partition coefficient (Wildman–Crippen LogP) is 4.00. The van der Waals surface area contributed by atoms with Crippen LogP contribution < -0.4 is 0 Å². The molecule has 0 saturated heterocycles. The summed E-state index contributed by atoms with van der Waals surface area (Å²) in [5.41, 5.74) is 2.29. The zero-order valence-electron chi connectivity index (χ0n) is 10.4. The van der Waals surface area contributed by atoms with Crippen molar-refractivity contribution in [3.63, 3.8) is 0 Å². The quantitative estimate of drug-likeness (QED) is 0.814. The molecule has 0 spiro atoms. The highest BCUT2D eigenvalue weighted by molar-refractivity contribution is 7.09. The molecule has 0 aliphatic heterocycles. The van der Waals surface area contributed by atoms with Crippen molar-refractivity contribution in [3.05, 3.63) is 52.0 Å². The molecule has 0 bridgehead atoms.